The zero-order valence-electron chi connectivity index (χ0n) is 35.7. The Hall–Kier alpha value is -5.10. The van der Waals surface area contributed by atoms with Crippen molar-refractivity contribution in [1.29, 1.82) is 0 Å². The lowest BCUT2D eigenvalue weighted by Gasteiger charge is -2.21. The van der Waals surface area contributed by atoms with Gasteiger partial charge in [-0.1, -0.05) is 101 Å². The topological polar surface area (TPSA) is 140 Å². The van der Waals surface area contributed by atoms with Gasteiger partial charge in [-0.3, -0.25) is 9.69 Å². The molecule has 2 amide bonds. The molecule has 5 aromatic rings. The molecule has 3 aromatic carbocycles. The van der Waals surface area contributed by atoms with E-state index in [1.807, 2.05) is 67.6 Å². The number of fused-ring (bicyclic) bond motifs is 1. The number of hydrogen-bond acceptors (Lipinski definition) is 8. The summed E-state index contributed by atoms with van der Waals surface area (Å²) in [6.07, 6.45) is -0.475. The fourth-order valence-electron chi connectivity index (χ4n) is 6.41. The molecule has 0 atom stereocenters. The molecule has 0 aliphatic rings. The number of rotatable bonds is 21. The summed E-state index contributed by atoms with van der Waals surface area (Å²) in [6.45, 7) is 17.4. The average molecular weight is 843 g/mol. The van der Waals surface area contributed by atoms with Gasteiger partial charge in [0, 0.05) is 61.6 Å². The van der Waals surface area contributed by atoms with Crippen molar-refractivity contribution in [3.05, 3.63) is 107 Å². The SMILES string of the molecule is CCc1cc(OCOCC[Si](C)(C)C)c(F)cc1-c1cc2c(c(NCc3ccccc3CN(Cc3ccccc3)C(=O)O)n1)c(C(=O)NC)nn2COCC[Si](C)(C)C. The van der Waals surface area contributed by atoms with Gasteiger partial charge in [0.15, 0.2) is 24.1 Å². The number of halogens is 1. The highest BCUT2D eigenvalue weighted by atomic mass is 28.3. The highest BCUT2D eigenvalue weighted by Gasteiger charge is 2.25. The summed E-state index contributed by atoms with van der Waals surface area (Å²) in [4.78, 5) is 32.3. The number of anilines is 1. The van der Waals surface area contributed by atoms with Crippen LogP contribution in [-0.4, -0.2) is 80.0 Å². The number of amides is 2. The van der Waals surface area contributed by atoms with Gasteiger partial charge in [0.05, 0.1) is 16.6 Å². The molecule has 3 N–H and O–H groups in total. The van der Waals surface area contributed by atoms with Crippen LogP contribution in [0.1, 0.15) is 39.7 Å². The summed E-state index contributed by atoms with van der Waals surface area (Å²) < 4.78 is 35.1. The van der Waals surface area contributed by atoms with Crippen molar-refractivity contribution in [3.8, 4) is 17.0 Å². The van der Waals surface area contributed by atoms with Gasteiger partial charge in [-0.05, 0) is 59.0 Å². The first-order valence-electron chi connectivity index (χ1n) is 20.1. The molecular formula is C44H59FN6O6Si2. The van der Waals surface area contributed by atoms with Gasteiger partial charge in [0.25, 0.3) is 5.91 Å². The summed E-state index contributed by atoms with van der Waals surface area (Å²) in [7, 11) is -1.12. The predicted octanol–water partition coefficient (Wildman–Crippen LogP) is 9.46. The maximum atomic E-state index is 15.9. The van der Waals surface area contributed by atoms with E-state index in [4.69, 9.17) is 24.3 Å². The summed E-state index contributed by atoms with van der Waals surface area (Å²) in [5.74, 6) is -0.498. The Balaban J connectivity index is 1.54. The number of hydrogen-bond donors (Lipinski definition) is 3. The Bertz CT molecular complexity index is 2210. The molecule has 0 bridgehead atoms. The van der Waals surface area contributed by atoms with Crippen LogP contribution < -0.4 is 15.4 Å². The van der Waals surface area contributed by atoms with E-state index in [9.17, 15) is 14.7 Å². The van der Waals surface area contributed by atoms with Crippen LogP contribution in [0.25, 0.3) is 22.2 Å². The Morgan fingerprint density at radius 1 is 0.864 bits per heavy atom. The summed E-state index contributed by atoms with van der Waals surface area (Å²) in [6, 6.07) is 23.9. The zero-order chi connectivity index (χ0) is 42.7. The van der Waals surface area contributed by atoms with Gasteiger partial charge in [0.2, 0.25) is 0 Å². The smallest absolute Gasteiger partial charge is 0.407 e. The van der Waals surface area contributed by atoms with Crippen LogP contribution in [0.3, 0.4) is 0 Å². The molecule has 2 aromatic heterocycles. The molecule has 0 radical (unpaired) electrons. The van der Waals surface area contributed by atoms with Crippen LogP contribution in [0.5, 0.6) is 5.75 Å². The number of nitrogens with zero attached hydrogens (tertiary/aromatic N) is 4. The van der Waals surface area contributed by atoms with Crippen LogP contribution in [0.4, 0.5) is 15.0 Å². The molecule has 0 saturated heterocycles. The molecule has 12 nitrogen and oxygen atoms in total. The van der Waals surface area contributed by atoms with Crippen molar-refractivity contribution < 1.29 is 33.3 Å². The fraction of sp³-hybridized carbons (Fsp3) is 0.409. The van der Waals surface area contributed by atoms with Crippen LogP contribution >= 0.6 is 0 Å². The van der Waals surface area contributed by atoms with Crippen LogP contribution in [0.2, 0.25) is 51.4 Å². The van der Waals surface area contributed by atoms with Gasteiger partial charge in [-0.25, -0.2) is 18.9 Å². The third kappa shape index (κ3) is 12.7. The van der Waals surface area contributed by atoms with Crippen molar-refractivity contribution in [1.82, 2.24) is 25.0 Å². The van der Waals surface area contributed by atoms with E-state index >= 15 is 4.39 Å². The summed E-state index contributed by atoms with van der Waals surface area (Å²) in [5, 5.41) is 21.5. The number of benzene rings is 3. The van der Waals surface area contributed by atoms with Crippen LogP contribution in [0, 0.1) is 5.82 Å². The second-order valence-corrected chi connectivity index (χ2v) is 28.3. The van der Waals surface area contributed by atoms with Crippen LogP contribution in [0.15, 0.2) is 72.8 Å². The van der Waals surface area contributed by atoms with E-state index in [0.29, 0.717) is 47.6 Å². The standard InChI is InChI=1S/C44H59FN6O6Si2/c1-9-32-23-39(57-30-56-20-22-59(6,7)8)36(45)24-35(32)37-25-38-40(41(43(52)46-2)49-51(38)29-55-19-21-58(3,4)5)42(48-37)47-26-33-17-13-14-18-34(33)28-50(44(53)54)27-31-15-11-10-12-16-31/h10-18,23-25H,9,19-22,26-30H2,1-8H3,(H,46,52)(H,47,48)(H,53,54). The van der Waals surface area contributed by atoms with Crippen molar-refractivity contribution in [2.45, 2.75) is 91.1 Å². The first-order valence-corrected chi connectivity index (χ1v) is 27.6. The first-order chi connectivity index (χ1) is 28.1. The van der Waals surface area contributed by atoms with Gasteiger partial charge >= 0.3 is 6.09 Å². The van der Waals surface area contributed by atoms with Crippen LogP contribution in [-0.2, 0) is 42.3 Å². The Labute approximate surface area is 349 Å². The van der Waals surface area contributed by atoms with E-state index in [2.05, 4.69) is 49.9 Å². The minimum atomic E-state index is -1.38. The van der Waals surface area contributed by atoms with E-state index in [-0.39, 0.29) is 44.6 Å². The molecule has 2 heterocycles. The number of nitrogens with one attached hydrogen (secondary N) is 2. The Kier molecular flexibility index (Phi) is 15.4. The van der Waals surface area contributed by atoms with Gasteiger partial charge in [0.1, 0.15) is 12.5 Å². The van der Waals surface area contributed by atoms with Gasteiger partial charge in [-0.2, -0.15) is 5.10 Å². The fourth-order valence-corrected chi connectivity index (χ4v) is 7.92. The lowest BCUT2D eigenvalue weighted by Crippen LogP contribution is -2.29. The minimum Gasteiger partial charge on any atom is -0.465 e. The van der Waals surface area contributed by atoms with E-state index in [1.54, 1.807) is 17.8 Å². The second-order valence-electron chi connectivity index (χ2n) is 17.0. The molecule has 0 unspecified atom stereocenters. The monoisotopic (exact) mass is 842 g/mol. The predicted molar refractivity (Wildman–Crippen MR) is 237 cm³/mol. The molecular weight excluding hydrogens is 784 g/mol. The highest BCUT2D eigenvalue weighted by Crippen LogP contribution is 2.35. The van der Waals surface area contributed by atoms with Crippen molar-refractivity contribution in [3.63, 3.8) is 0 Å². The normalized spacial score (nSPS) is 11.8. The number of pyridine rings is 1. The zero-order valence-corrected chi connectivity index (χ0v) is 37.7. The molecule has 0 saturated carbocycles. The molecule has 0 aliphatic heterocycles. The maximum Gasteiger partial charge on any atom is 0.407 e. The number of carbonyl (C=O) groups excluding carboxylic acids is 1. The maximum absolute atomic E-state index is 15.9. The average Bonchev–Trinajstić information content (AvgIpc) is 3.56. The summed E-state index contributed by atoms with van der Waals surface area (Å²) >= 11 is 0. The number of carbonyl (C=O) groups is 2. The number of ether oxygens (including phenoxy) is 3. The third-order valence-corrected chi connectivity index (χ3v) is 13.3. The third-order valence-electron chi connectivity index (χ3n) is 9.91. The Morgan fingerprint density at radius 2 is 1.53 bits per heavy atom. The first kappa shape index (κ1) is 45.0. The Morgan fingerprint density at radius 3 is 2.17 bits per heavy atom. The van der Waals surface area contributed by atoms with Gasteiger partial charge in [-0.15, -0.1) is 0 Å². The van der Waals surface area contributed by atoms with E-state index in [1.165, 1.54) is 11.0 Å². The lowest BCUT2D eigenvalue weighted by molar-refractivity contribution is 0.0197. The molecule has 15 heteroatoms. The number of aromatic nitrogens is 3. The minimum absolute atomic E-state index is 0.0563. The molecule has 316 valence electrons. The number of carboxylic acid groups (broad SMARTS) is 1. The lowest BCUT2D eigenvalue weighted by atomic mass is 10.00. The largest absolute Gasteiger partial charge is 0.465 e. The van der Waals surface area contributed by atoms with Gasteiger partial charge < -0.3 is 30.0 Å². The highest BCUT2D eigenvalue weighted by molar-refractivity contribution is 6.76. The molecule has 0 aliphatic carbocycles. The van der Waals surface area contributed by atoms with Crippen molar-refractivity contribution >= 4 is 44.9 Å². The number of aryl methyl sites for hydroxylation is 1. The van der Waals surface area contributed by atoms with E-state index < -0.39 is 34.0 Å². The molecule has 0 fully saturated rings. The molecule has 5 rings (SSSR count). The quantitative estimate of drug-likeness (QED) is 0.0375. The van der Waals surface area contributed by atoms with E-state index in [0.717, 1.165) is 34.3 Å². The molecule has 59 heavy (non-hydrogen) atoms. The van der Waals surface area contributed by atoms with Crippen molar-refractivity contribution in [2.75, 3.05) is 32.4 Å². The second kappa shape index (κ2) is 20.2. The molecule has 0 spiro atoms. The van der Waals surface area contributed by atoms with Crippen molar-refractivity contribution in [2.24, 2.45) is 0 Å². The summed E-state index contributed by atoms with van der Waals surface area (Å²) in [5.41, 5.74) is 5.10.